The Morgan fingerprint density at radius 3 is 1.62 bits per heavy atom. The molecule has 0 fully saturated rings. The van der Waals surface area contributed by atoms with Crippen LogP contribution in [0.3, 0.4) is 0 Å². The zero-order valence-corrected chi connectivity index (χ0v) is 29.5. The summed E-state index contributed by atoms with van der Waals surface area (Å²) >= 11 is 0. The second-order valence-corrected chi connectivity index (χ2v) is 13.7. The normalized spacial score (nSPS) is 11.6. The molecule has 0 unspecified atom stereocenters. The average molecular weight is 703 g/mol. The van der Waals surface area contributed by atoms with E-state index in [1.54, 1.807) is 4.80 Å². The highest BCUT2D eigenvalue weighted by atomic mass is 15.5. The van der Waals surface area contributed by atoms with E-state index in [4.69, 9.17) is 25.1 Å². The van der Waals surface area contributed by atoms with Gasteiger partial charge in [0.2, 0.25) is 0 Å². The Hall–Kier alpha value is -7.57. The van der Waals surface area contributed by atoms with Crippen LogP contribution in [0.15, 0.2) is 182 Å². The summed E-state index contributed by atoms with van der Waals surface area (Å²) < 4.78 is 0. The van der Waals surface area contributed by atoms with E-state index in [-0.39, 0.29) is 0 Å². The fraction of sp³-hybridized carbons (Fsp3) is 0. The van der Waals surface area contributed by atoms with E-state index >= 15 is 0 Å². The number of hydrogen-bond donors (Lipinski definition) is 0. The number of fused-ring (bicyclic) bond motifs is 8. The van der Waals surface area contributed by atoms with Gasteiger partial charge in [-0.05, 0) is 42.0 Å². The molecule has 0 amide bonds. The molecular formula is C49H30N6. The summed E-state index contributed by atoms with van der Waals surface area (Å²) in [6, 6.07) is 62.5. The van der Waals surface area contributed by atoms with E-state index in [0.717, 1.165) is 105 Å². The minimum atomic E-state index is 0.803. The molecule has 0 N–H and O–H groups in total. The minimum absolute atomic E-state index is 0.803. The summed E-state index contributed by atoms with van der Waals surface area (Å²) in [5.41, 5.74) is 12.9. The van der Waals surface area contributed by atoms with E-state index in [2.05, 4.69) is 121 Å². The Labute approximate surface area is 316 Å². The Balaban J connectivity index is 1.25. The van der Waals surface area contributed by atoms with Gasteiger partial charge in [-0.1, -0.05) is 146 Å². The number of aromatic nitrogens is 6. The van der Waals surface area contributed by atoms with Crippen molar-refractivity contribution in [2.24, 2.45) is 0 Å². The van der Waals surface area contributed by atoms with Gasteiger partial charge in [0.15, 0.2) is 0 Å². The van der Waals surface area contributed by atoms with Crippen molar-refractivity contribution in [3.05, 3.63) is 182 Å². The van der Waals surface area contributed by atoms with E-state index in [1.165, 1.54) is 0 Å². The van der Waals surface area contributed by atoms with Crippen molar-refractivity contribution in [1.29, 1.82) is 0 Å². The predicted molar refractivity (Wildman–Crippen MR) is 224 cm³/mol. The van der Waals surface area contributed by atoms with E-state index in [1.807, 2.05) is 60.7 Å². The lowest BCUT2D eigenvalue weighted by atomic mass is 9.91. The third-order valence-electron chi connectivity index (χ3n) is 10.4. The lowest BCUT2D eigenvalue weighted by molar-refractivity contribution is 0.766. The highest BCUT2D eigenvalue weighted by molar-refractivity contribution is 6.26. The zero-order chi connectivity index (χ0) is 36.3. The Kier molecular flexibility index (Phi) is 7.07. The van der Waals surface area contributed by atoms with Crippen LogP contribution in [-0.4, -0.2) is 29.9 Å². The first-order chi connectivity index (χ1) is 27.3. The van der Waals surface area contributed by atoms with E-state index in [9.17, 15) is 0 Å². The number of pyridine rings is 3. The van der Waals surface area contributed by atoms with Crippen molar-refractivity contribution in [2.75, 3.05) is 0 Å². The standard InChI is InChI=1S/C49H30N6/c1-5-14-31(15-6-1)38-30-39-44(49-48(38)53-55(54-49)36-20-11-4-12-21-36)43-37(22-13-23-42(43)52-45(39)33-18-9-3-10-19-33)41-29-27-35-25-24-34-26-28-40(32-16-7-2-8-17-32)50-46(34)47(35)51-41/h1-30H. The lowest BCUT2D eigenvalue weighted by Crippen LogP contribution is -1.97. The van der Waals surface area contributed by atoms with Gasteiger partial charge in [-0.2, -0.15) is 4.80 Å². The molecule has 4 aromatic heterocycles. The monoisotopic (exact) mass is 702 g/mol. The van der Waals surface area contributed by atoms with Crippen molar-refractivity contribution in [3.63, 3.8) is 0 Å². The van der Waals surface area contributed by atoms with Crippen molar-refractivity contribution in [2.45, 2.75) is 0 Å². The first-order valence-corrected chi connectivity index (χ1v) is 18.4. The van der Waals surface area contributed by atoms with Gasteiger partial charge in [-0.15, -0.1) is 10.2 Å². The molecule has 6 heteroatoms. The van der Waals surface area contributed by atoms with Crippen LogP contribution in [-0.2, 0) is 0 Å². The molecule has 256 valence electrons. The lowest BCUT2D eigenvalue weighted by Gasteiger charge is -2.15. The largest absolute Gasteiger partial charge is 0.247 e. The molecule has 0 atom stereocenters. The maximum Gasteiger partial charge on any atom is 0.122 e. The predicted octanol–water partition coefficient (Wildman–Crippen LogP) is 11.9. The quantitative estimate of drug-likeness (QED) is 0.167. The van der Waals surface area contributed by atoms with Gasteiger partial charge in [-0.3, -0.25) is 0 Å². The Bertz CT molecular complexity index is 3230. The molecule has 6 nitrogen and oxygen atoms in total. The molecule has 11 rings (SSSR count). The maximum absolute atomic E-state index is 5.43. The molecule has 11 aromatic rings. The summed E-state index contributed by atoms with van der Waals surface area (Å²) in [5.74, 6) is 0. The van der Waals surface area contributed by atoms with Crippen LogP contribution in [0.4, 0.5) is 0 Å². The minimum Gasteiger partial charge on any atom is -0.247 e. The van der Waals surface area contributed by atoms with Gasteiger partial charge in [0.1, 0.15) is 11.0 Å². The molecule has 4 heterocycles. The highest BCUT2D eigenvalue weighted by Crippen LogP contribution is 2.43. The van der Waals surface area contributed by atoms with Gasteiger partial charge in [0, 0.05) is 49.2 Å². The molecule has 0 saturated carbocycles. The fourth-order valence-electron chi connectivity index (χ4n) is 7.82. The number of para-hydroxylation sites is 1. The van der Waals surface area contributed by atoms with Crippen molar-refractivity contribution in [3.8, 4) is 50.6 Å². The topological polar surface area (TPSA) is 69.4 Å². The molecule has 7 aromatic carbocycles. The third-order valence-corrected chi connectivity index (χ3v) is 10.4. The van der Waals surface area contributed by atoms with Crippen LogP contribution in [0.2, 0.25) is 0 Å². The summed E-state index contributed by atoms with van der Waals surface area (Å²) in [5, 5.41) is 15.5. The summed E-state index contributed by atoms with van der Waals surface area (Å²) in [6.07, 6.45) is 0. The fourth-order valence-corrected chi connectivity index (χ4v) is 7.82. The number of nitrogens with zero attached hydrogens (tertiary/aromatic N) is 6. The third kappa shape index (κ3) is 5.15. The summed E-state index contributed by atoms with van der Waals surface area (Å²) in [4.78, 5) is 17.8. The average Bonchev–Trinajstić information content (AvgIpc) is 3.72. The van der Waals surface area contributed by atoms with Crippen LogP contribution < -0.4 is 0 Å². The van der Waals surface area contributed by atoms with Crippen molar-refractivity contribution in [1.82, 2.24) is 29.9 Å². The van der Waals surface area contributed by atoms with Crippen LogP contribution in [0.5, 0.6) is 0 Å². The molecule has 0 bridgehead atoms. The van der Waals surface area contributed by atoms with Crippen molar-refractivity contribution < 1.29 is 0 Å². The van der Waals surface area contributed by atoms with Crippen LogP contribution in [0.1, 0.15) is 0 Å². The first kappa shape index (κ1) is 31.0. The van der Waals surface area contributed by atoms with E-state index < -0.39 is 0 Å². The molecule has 0 saturated heterocycles. The van der Waals surface area contributed by atoms with Gasteiger partial charge in [0.25, 0.3) is 0 Å². The highest BCUT2D eigenvalue weighted by Gasteiger charge is 2.23. The van der Waals surface area contributed by atoms with Gasteiger partial charge < -0.3 is 0 Å². The van der Waals surface area contributed by atoms with Crippen LogP contribution >= 0.6 is 0 Å². The van der Waals surface area contributed by atoms with Gasteiger partial charge in [-0.25, -0.2) is 15.0 Å². The Morgan fingerprint density at radius 2 is 0.927 bits per heavy atom. The second-order valence-electron chi connectivity index (χ2n) is 13.7. The van der Waals surface area contributed by atoms with Crippen LogP contribution in [0.25, 0.3) is 105 Å². The van der Waals surface area contributed by atoms with Gasteiger partial charge >= 0.3 is 0 Å². The molecule has 0 aliphatic rings. The molecule has 55 heavy (non-hydrogen) atoms. The molecule has 0 aliphatic heterocycles. The van der Waals surface area contributed by atoms with Gasteiger partial charge in [0.05, 0.1) is 39.3 Å². The molecule has 0 radical (unpaired) electrons. The SMILES string of the molecule is c1ccc(-c2ccc3ccc4ccc(-c5cccc6nc(-c7ccccc7)c7cc(-c8ccccc8)c8nn(-c9ccccc9)nc8c7c56)nc4c3n2)cc1. The smallest absolute Gasteiger partial charge is 0.122 e. The number of rotatable bonds is 5. The molecule has 0 spiro atoms. The van der Waals surface area contributed by atoms with E-state index in [0.29, 0.717) is 0 Å². The molecular weight excluding hydrogens is 673 g/mol. The number of hydrogen-bond acceptors (Lipinski definition) is 5. The van der Waals surface area contributed by atoms with Crippen LogP contribution in [0, 0.1) is 0 Å². The molecule has 0 aliphatic carbocycles. The summed E-state index contributed by atoms with van der Waals surface area (Å²) in [6.45, 7) is 0. The Morgan fingerprint density at radius 1 is 0.364 bits per heavy atom. The first-order valence-electron chi connectivity index (χ1n) is 18.4. The van der Waals surface area contributed by atoms with Crippen molar-refractivity contribution >= 4 is 54.5 Å². The summed E-state index contributed by atoms with van der Waals surface area (Å²) in [7, 11) is 0. The second kappa shape index (κ2) is 12.5. The maximum atomic E-state index is 5.43. The zero-order valence-electron chi connectivity index (χ0n) is 29.5. The number of benzene rings is 7.